The Labute approximate surface area is 193 Å². The highest BCUT2D eigenvalue weighted by Crippen LogP contribution is 2.49. The summed E-state index contributed by atoms with van der Waals surface area (Å²) in [7, 11) is 0. The molecule has 0 saturated carbocycles. The third-order valence-electron chi connectivity index (χ3n) is 5.49. The molecule has 0 aliphatic carbocycles. The van der Waals surface area contributed by atoms with Crippen molar-refractivity contribution < 1.29 is 0 Å². The molecular formula is C25H17ClIN3. The number of H-pyrrole nitrogens is 1. The van der Waals surface area contributed by atoms with E-state index >= 15 is 0 Å². The minimum absolute atomic E-state index is 0.610. The molecule has 5 aromatic rings. The zero-order valence-corrected chi connectivity index (χ0v) is 18.8. The molecule has 0 aliphatic rings. The van der Waals surface area contributed by atoms with Crippen LogP contribution >= 0.6 is 34.2 Å². The fourth-order valence-corrected chi connectivity index (χ4v) is 5.21. The van der Waals surface area contributed by atoms with Crippen molar-refractivity contribution in [2.75, 3.05) is 0 Å². The molecule has 30 heavy (non-hydrogen) atoms. The first-order chi connectivity index (χ1) is 14.7. The van der Waals surface area contributed by atoms with Gasteiger partial charge >= 0.3 is 0 Å². The third-order valence-corrected chi connectivity index (χ3v) is 6.55. The number of aromatic nitrogens is 3. The molecule has 2 aromatic heterocycles. The van der Waals surface area contributed by atoms with E-state index in [9.17, 15) is 0 Å². The molecule has 3 nitrogen and oxygen atoms in total. The lowest BCUT2D eigenvalue weighted by atomic mass is 9.64. The second-order valence-corrected chi connectivity index (χ2v) is 8.55. The summed E-state index contributed by atoms with van der Waals surface area (Å²) in [6, 6.07) is 31.5. The Balaban J connectivity index is 2.04. The summed E-state index contributed by atoms with van der Waals surface area (Å²) in [5.41, 5.74) is 4.41. The Hall–Kier alpha value is -2.70. The van der Waals surface area contributed by atoms with E-state index in [1.54, 1.807) is 6.20 Å². The van der Waals surface area contributed by atoms with Crippen molar-refractivity contribution in [1.82, 2.24) is 15.2 Å². The van der Waals surface area contributed by atoms with Crippen molar-refractivity contribution in [3.63, 3.8) is 0 Å². The van der Waals surface area contributed by atoms with E-state index in [2.05, 4.69) is 111 Å². The predicted molar refractivity (Wildman–Crippen MR) is 130 cm³/mol. The summed E-state index contributed by atoms with van der Waals surface area (Å²) in [6.45, 7) is 0. The van der Waals surface area contributed by atoms with Crippen LogP contribution in [0.1, 0.15) is 22.3 Å². The maximum atomic E-state index is 6.96. The number of halogens is 2. The molecule has 1 N–H and O–H groups in total. The van der Waals surface area contributed by atoms with Gasteiger partial charge < -0.3 is 0 Å². The third kappa shape index (κ3) is 2.94. The van der Waals surface area contributed by atoms with Crippen LogP contribution in [0.4, 0.5) is 0 Å². The van der Waals surface area contributed by atoms with Gasteiger partial charge in [-0.1, -0.05) is 103 Å². The summed E-state index contributed by atoms with van der Waals surface area (Å²) in [4.78, 5) is 4.48. The van der Waals surface area contributed by atoms with Gasteiger partial charge in [0.05, 0.1) is 15.8 Å². The molecule has 0 spiro atoms. The van der Waals surface area contributed by atoms with Gasteiger partial charge in [-0.3, -0.25) is 5.10 Å². The van der Waals surface area contributed by atoms with Crippen LogP contribution in [0, 0.1) is 3.70 Å². The van der Waals surface area contributed by atoms with E-state index in [0.717, 1.165) is 31.3 Å². The van der Waals surface area contributed by atoms with Gasteiger partial charge in [0.2, 0.25) is 0 Å². The maximum absolute atomic E-state index is 6.96. The number of nitrogens with zero attached hydrogens (tertiary/aromatic N) is 2. The Kier molecular flexibility index (Phi) is 5.05. The molecule has 0 amide bonds. The topological polar surface area (TPSA) is 41.6 Å². The summed E-state index contributed by atoms with van der Waals surface area (Å²) >= 11 is 9.24. The Morgan fingerprint density at radius 1 is 0.733 bits per heavy atom. The lowest BCUT2D eigenvalue weighted by molar-refractivity contribution is 0.751. The van der Waals surface area contributed by atoms with Gasteiger partial charge in [-0.2, -0.15) is 5.10 Å². The van der Waals surface area contributed by atoms with Crippen molar-refractivity contribution in [1.29, 1.82) is 0 Å². The number of rotatable bonds is 4. The number of nitrogens with one attached hydrogen (secondary N) is 1. The zero-order valence-electron chi connectivity index (χ0n) is 15.9. The fraction of sp³-hybridized carbons (Fsp3) is 0.0400. The number of hydrogen-bond acceptors (Lipinski definition) is 2. The number of pyridine rings is 1. The molecule has 0 unspecified atom stereocenters. The fourth-order valence-electron chi connectivity index (χ4n) is 4.29. The molecule has 3 aromatic carbocycles. The summed E-state index contributed by atoms with van der Waals surface area (Å²) in [5, 5.41) is 9.05. The van der Waals surface area contributed by atoms with E-state index in [1.807, 2.05) is 18.2 Å². The van der Waals surface area contributed by atoms with Crippen molar-refractivity contribution in [2.45, 2.75) is 5.41 Å². The maximum Gasteiger partial charge on any atom is 0.182 e. The summed E-state index contributed by atoms with van der Waals surface area (Å²) < 4.78 is 0.916. The highest BCUT2D eigenvalue weighted by atomic mass is 127. The van der Waals surface area contributed by atoms with Crippen molar-refractivity contribution in [2.24, 2.45) is 0 Å². The van der Waals surface area contributed by atoms with Gasteiger partial charge in [0, 0.05) is 11.8 Å². The van der Waals surface area contributed by atoms with Crippen molar-refractivity contribution in [3.8, 4) is 0 Å². The van der Waals surface area contributed by atoms with Gasteiger partial charge in [-0.05, 0) is 39.3 Å². The van der Waals surface area contributed by atoms with E-state index in [4.69, 9.17) is 11.6 Å². The lowest BCUT2D eigenvalue weighted by Crippen LogP contribution is -2.31. The van der Waals surface area contributed by atoms with Gasteiger partial charge in [-0.25, -0.2) is 4.98 Å². The molecule has 0 saturated heterocycles. The second-order valence-electron chi connectivity index (χ2n) is 7.07. The van der Waals surface area contributed by atoms with Crippen LogP contribution in [0.5, 0.6) is 0 Å². The first-order valence-corrected chi connectivity index (χ1v) is 11.0. The average molecular weight is 522 g/mol. The Morgan fingerprint density at radius 2 is 1.20 bits per heavy atom. The average Bonchev–Trinajstić information content (AvgIpc) is 3.18. The van der Waals surface area contributed by atoms with Crippen LogP contribution in [-0.2, 0) is 5.41 Å². The molecular weight excluding hydrogens is 505 g/mol. The number of fused-ring (bicyclic) bond motifs is 1. The highest BCUT2D eigenvalue weighted by Gasteiger charge is 2.42. The molecule has 146 valence electrons. The molecule has 2 heterocycles. The van der Waals surface area contributed by atoms with E-state index in [1.165, 1.54) is 0 Å². The number of benzene rings is 3. The van der Waals surface area contributed by atoms with Crippen molar-refractivity contribution >= 4 is 45.2 Å². The van der Waals surface area contributed by atoms with Crippen LogP contribution in [0.25, 0.3) is 11.0 Å². The molecule has 0 fully saturated rings. The first kappa shape index (κ1) is 19.3. The van der Waals surface area contributed by atoms with Crippen LogP contribution in [0.2, 0.25) is 5.02 Å². The van der Waals surface area contributed by atoms with E-state index in [-0.39, 0.29) is 0 Å². The van der Waals surface area contributed by atoms with Crippen LogP contribution in [0.15, 0.2) is 97.2 Å². The molecule has 0 aliphatic heterocycles. The normalized spacial score (nSPS) is 11.7. The smallest absolute Gasteiger partial charge is 0.182 e. The van der Waals surface area contributed by atoms with E-state index < -0.39 is 5.41 Å². The Bertz CT molecular complexity index is 1210. The predicted octanol–water partition coefficient (Wildman–Crippen LogP) is 6.60. The standard InChI is InChI=1S/C25H17ClIN3/c26-20-16-28-24-21(23(27)29-30-24)22(20)25(17-10-4-1-5-11-17,18-12-6-2-7-13-18)19-14-8-3-9-15-19/h1-16H,(H,28,29,30). The van der Waals surface area contributed by atoms with Crippen LogP contribution < -0.4 is 0 Å². The van der Waals surface area contributed by atoms with Crippen molar-refractivity contribution in [3.05, 3.63) is 128 Å². The number of hydrogen-bond donors (Lipinski definition) is 1. The Morgan fingerprint density at radius 3 is 1.67 bits per heavy atom. The summed E-state index contributed by atoms with van der Waals surface area (Å²) in [6.07, 6.45) is 1.71. The quantitative estimate of drug-likeness (QED) is 0.214. The first-order valence-electron chi connectivity index (χ1n) is 9.58. The largest absolute Gasteiger partial charge is 0.269 e. The minimum Gasteiger partial charge on any atom is -0.269 e. The monoisotopic (exact) mass is 521 g/mol. The minimum atomic E-state index is -0.633. The second kappa shape index (κ2) is 7.85. The van der Waals surface area contributed by atoms with Gasteiger partial charge in [-0.15, -0.1) is 0 Å². The van der Waals surface area contributed by atoms with Gasteiger partial charge in [0.1, 0.15) is 3.70 Å². The molecule has 5 heteroatoms. The van der Waals surface area contributed by atoms with Gasteiger partial charge in [0.15, 0.2) is 5.65 Å². The number of aromatic amines is 1. The zero-order chi connectivity index (χ0) is 20.6. The molecule has 5 rings (SSSR count). The van der Waals surface area contributed by atoms with Crippen LogP contribution in [0.3, 0.4) is 0 Å². The molecule has 0 atom stereocenters. The SMILES string of the molecule is Clc1cnc2n[nH]c(I)c2c1C(c1ccccc1)(c1ccccc1)c1ccccc1. The van der Waals surface area contributed by atoms with Crippen LogP contribution in [-0.4, -0.2) is 15.2 Å². The van der Waals surface area contributed by atoms with E-state index in [0.29, 0.717) is 10.7 Å². The molecule has 0 radical (unpaired) electrons. The summed E-state index contributed by atoms with van der Waals surface area (Å²) in [5.74, 6) is 0. The molecule has 0 bridgehead atoms. The highest BCUT2D eigenvalue weighted by molar-refractivity contribution is 14.1. The van der Waals surface area contributed by atoms with Gasteiger partial charge in [0.25, 0.3) is 0 Å². The lowest BCUT2D eigenvalue weighted by Gasteiger charge is -2.37.